The van der Waals surface area contributed by atoms with E-state index in [1.165, 1.54) is 30.3 Å². The zero-order chi connectivity index (χ0) is 15.4. The van der Waals surface area contributed by atoms with E-state index in [2.05, 4.69) is 0 Å². The Hall–Kier alpha value is -3.16. The number of esters is 1. The van der Waals surface area contributed by atoms with Gasteiger partial charge in [0.1, 0.15) is 17.3 Å². The minimum Gasteiger partial charge on any atom is -0.478 e. The van der Waals surface area contributed by atoms with Crippen molar-refractivity contribution in [3.05, 3.63) is 63.4 Å². The zero-order valence-corrected chi connectivity index (χ0v) is 10.5. The topological polar surface area (TPSA) is 120 Å². The van der Waals surface area contributed by atoms with Gasteiger partial charge < -0.3 is 14.3 Å². The van der Waals surface area contributed by atoms with Gasteiger partial charge in [-0.05, 0) is 18.2 Å². The average molecular weight is 291 g/mol. The SMILES string of the molecule is O=C(O)c1ccccc1C(=O)OCc1ccc([N+](=O)[O-])o1. The number of carboxylic acids is 1. The Morgan fingerprint density at radius 1 is 1.19 bits per heavy atom. The zero-order valence-electron chi connectivity index (χ0n) is 10.5. The van der Waals surface area contributed by atoms with E-state index < -0.39 is 22.7 Å². The molecule has 108 valence electrons. The van der Waals surface area contributed by atoms with Crippen molar-refractivity contribution >= 4 is 17.8 Å². The van der Waals surface area contributed by atoms with Crippen LogP contribution in [0.5, 0.6) is 0 Å². The Labute approximate surface area is 117 Å². The Bertz CT molecular complexity index is 704. The lowest BCUT2D eigenvalue weighted by molar-refractivity contribution is -0.402. The maximum Gasteiger partial charge on any atom is 0.433 e. The summed E-state index contributed by atoms with van der Waals surface area (Å²) < 4.78 is 9.70. The maximum absolute atomic E-state index is 11.8. The van der Waals surface area contributed by atoms with Crippen LogP contribution in [-0.4, -0.2) is 22.0 Å². The first-order chi connectivity index (χ1) is 9.99. The van der Waals surface area contributed by atoms with Gasteiger partial charge in [0.05, 0.1) is 17.2 Å². The number of hydrogen-bond acceptors (Lipinski definition) is 6. The van der Waals surface area contributed by atoms with Crippen LogP contribution in [-0.2, 0) is 11.3 Å². The van der Waals surface area contributed by atoms with E-state index >= 15 is 0 Å². The first-order valence-corrected chi connectivity index (χ1v) is 5.71. The average Bonchev–Trinajstić information content (AvgIpc) is 2.94. The molecule has 0 atom stereocenters. The summed E-state index contributed by atoms with van der Waals surface area (Å²) in [5.74, 6) is -2.49. The molecule has 0 aliphatic heterocycles. The molecule has 0 spiro atoms. The quantitative estimate of drug-likeness (QED) is 0.509. The summed E-state index contributed by atoms with van der Waals surface area (Å²) in [5.41, 5.74) is -0.293. The fourth-order valence-corrected chi connectivity index (χ4v) is 1.60. The molecule has 0 fully saturated rings. The minimum atomic E-state index is -1.25. The Balaban J connectivity index is 2.08. The van der Waals surface area contributed by atoms with Crippen molar-refractivity contribution < 1.29 is 28.8 Å². The van der Waals surface area contributed by atoms with Crippen molar-refractivity contribution in [3.63, 3.8) is 0 Å². The molecule has 21 heavy (non-hydrogen) atoms. The van der Waals surface area contributed by atoms with Gasteiger partial charge in [-0.3, -0.25) is 10.1 Å². The third kappa shape index (κ3) is 3.24. The summed E-state index contributed by atoms with van der Waals surface area (Å²) in [6.07, 6.45) is 0. The van der Waals surface area contributed by atoms with Gasteiger partial charge >= 0.3 is 17.8 Å². The van der Waals surface area contributed by atoms with Gasteiger partial charge in [0, 0.05) is 0 Å². The number of hydrogen-bond donors (Lipinski definition) is 1. The molecule has 0 aliphatic carbocycles. The summed E-state index contributed by atoms with van der Waals surface area (Å²) in [6, 6.07) is 8.01. The number of ether oxygens (including phenoxy) is 1. The molecule has 0 saturated carbocycles. The van der Waals surface area contributed by atoms with Crippen molar-refractivity contribution in [3.8, 4) is 0 Å². The van der Waals surface area contributed by atoms with Gasteiger partial charge in [-0.15, -0.1) is 0 Å². The van der Waals surface area contributed by atoms with Crippen molar-refractivity contribution in [2.24, 2.45) is 0 Å². The molecular weight excluding hydrogens is 282 g/mol. The molecule has 1 aromatic carbocycles. The summed E-state index contributed by atoms with van der Waals surface area (Å²) in [6.45, 7) is -0.333. The number of nitro groups is 1. The fourth-order valence-electron chi connectivity index (χ4n) is 1.60. The summed E-state index contributed by atoms with van der Waals surface area (Å²) in [7, 11) is 0. The second-order valence-electron chi connectivity index (χ2n) is 3.92. The van der Waals surface area contributed by atoms with Crippen LogP contribution < -0.4 is 0 Å². The van der Waals surface area contributed by atoms with E-state index in [-0.39, 0.29) is 23.5 Å². The van der Waals surface area contributed by atoms with Gasteiger partial charge in [-0.25, -0.2) is 9.59 Å². The molecule has 8 nitrogen and oxygen atoms in total. The lowest BCUT2D eigenvalue weighted by atomic mass is 10.1. The standard InChI is InChI=1S/C13H9NO7/c15-12(16)9-3-1-2-4-10(9)13(17)20-7-8-5-6-11(21-8)14(18)19/h1-6H,7H2,(H,15,16). The van der Waals surface area contributed by atoms with Gasteiger partial charge in [-0.2, -0.15) is 0 Å². The van der Waals surface area contributed by atoms with E-state index in [4.69, 9.17) is 14.3 Å². The number of carbonyl (C=O) groups is 2. The molecule has 8 heteroatoms. The van der Waals surface area contributed by atoms with Crippen molar-refractivity contribution in [1.29, 1.82) is 0 Å². The molecule has 2 aromatic rings. The summed E-state index contributed by atoms with van der Waals surface area (Å²) in [5, 5.41) is 19.4. The smallest absolute Gasteiger partial charge is 0.433 e. The first-order valence-electron chi connectivity index (χ1n) is 5.71. The van der Waals surface area contributed by atoms with E-state index in [1.807, 2.05) is 0 Å². The number of benzene rings is 1. The van der Waals surface area contributed by atoms with E-state index in [1.54, 1.807) is 0 Å². The van der Waals surface area contributed by atoms with E-state index in [0.717, 1.165) is 6.07 Å². The van der Waals surface area contributed by atoms with E-state index in [0.29, 0.717) is 0 Å². The lowest BCUT2D eigenvalue weighted by Gasteiger charge is -2.05. The van der Waals surface area contributed by atoms with Crippen LogP contribution in [0.4, 0.5) is 5.88 Å². The second kappa shape index (κ2) is 5.87. The van der Waals surface area contributed by atoms with Crippen LogP contribution >= 0.6 is 0 Å². The Kier molecular flexibility index (Phi) is 3.98. The largest absolute Gasteiger partial charge is 0.478 e. The van der Waals surface area contributed by atoms with Gasteiger partial charge in [0.2, 0.25) is 0 Å². The van der Waals surface area contributed by atoms with Crippen LogP contribution in [0.15, 0.2) is 40.8 Å². The molecule has 0 bridgehead atoms. The number of rotatable bonds is 5. The number of nitrogens with zero attached hydrogens (tertiary/aromatic N) is 1. The van der Waals surface area contributed by atoms with Crippen LogP contribution in [0.1, 0.15) is 26.5 Å². The molecule has 0 saturated heterocycles. The highest BCUT2D eigenvalue weighted by Crippen LogP contribution is 2.17. The molecule has 1 N–H and O–H groups in total. The minimum absolute atomic E-state index is 0.0860. The lowest BCUT2D eigenvalue weighted by Crippen LogP contribution is -2.11. The number of carboxylic acid groups (broad SMARTS) is 1. The number of furan rings is 1. The third-order valence-corrected chi connectivity index (χ3v) is 2.55. The van der Waals surface area contributed by atoms with Crippen LogP contribution in [0.2, 0.25) is 0 Å². The highest BCUT2D eigenvalue weighted by Gasteiger charge is 2.18. The highest BCUT2D eigenvalue weighted by atomic mass is 16.6. The monoisotopic (exact) mass is 291 g/mol. The molecule has 0 amide bonds. The van der Waals surface area contributed by atoms with Gasteiger partial charge in [0.25, 0.3) is 0 Å². The fraction of sp³-hybridized carbons (Fsp3) is 0.0769. The van der Waals surface area contributed by atoms with Crippen molar-refractivity contribution in [2.45, 2.75) is 6.61 Å². The van der Waals surface area contributed by atoms with E-state index in [9.17, 15) is 19.7 Å². The Morgan fingerprint density at radius 2 is 1.86 bits per heavy atom. The summed E-state index contributed by atoms with van der Waals surface area (Å²) >= 11 is 0. The predicted molar refractivity (Wildman–Crippen MR) is 67.9 cm³/mol. The molecule has 0 radical (unpaired) electrons. The molecule has 0 aliphatic rings. The molecule has 0 unspecified atom stereocenters. The Morgan fingerprint density at radius 3 is 2.43 bits per heavy atom. The molecule has 2 rings (SSSR count). The van der Waals surface area contributed by atoms with Crippen molar-refractivity contribution in [1.82, 2.24) is 0 Å². The predicted octanol–water partition coefficient (Wildman–Crippen LogP) is 2.24. The normalized spacial score (nSPS) is 10.1. The first kappa shape index (κ1) is 14.3. The van der Waals surface area contributed by atoms with Crippen LogP contribution in [0, 0.1) is 10.1 Å². The van der Waals surface area contributed by atoms with Crippen LogP contribution in [0.3, 0.4) is 0 Å². The number of carbonyl (C=O) groups excluding carboxylic acids is 1. The van der Waals surface area contributed by atoms with Crippen LogP contribution in [0.25, 0.3) is 0 Å². The molecular formula is C13H9NO7. The van der Waals surface area contributed by atoms with Gasteiger partial charge in [0.15, 0.2) is 0 Å². The second-order valence-corrected chi connectivity index (χ2v) is 3.92. The maximum atomic E-state index is 11.8. The summed E-state index contributed by atoms with van der Waals surface area (Å²) in [4.78, 5) is 32.5. The third-order valence-electron chi connectivity index (χ3n) is 2.55. The highest BCUT2D eigenvalue weighted by molar-refractivity contribution is 6.02. The number of aromatic carboxylic acids is 1. The van der Waals surface area contributed by atoms with Gasteiger partial charge in [-0.1, -0.05) is 12.1 Å². The molecule has 1 heterocycles. The van der Waals surface area contributed by atoms with Crippen molar-refractivity contribution in [2.75, 3.05) is 0 Å². The molecule has 1 aromatic heterocycles.